The number of ether oxygens (including phenoxy) is 2. The minimum atomic E-state index is -3.79. The van der Waals surface area contributed by atoms with Gasteiger partial charge < -0.3 is 9.47 Å². The van der Waals surface area contributed by atoms with Crippen LogP contribution in [0.15, 0.2) is 47.4 Å². The van der Waals surface area contributed by atoms with E-state index >= 15 is 0 Å². The molecule has 0 aliphatic heterocycles. The standard InChI is InChI=1S/C19H22FNO5S/c1-14-3-4-15(2)18(13-14)25-11-12-26-19(22)9-10-21-27(23,24)17-7-5-16(20)6-8-17/h3-8,13,21H,9-12H2,1-2H3. The van der Waals surface area contributed by atoms with E-state index in [1.807, 2.05) is 32.0 Å². The van der Waals surface area contributed by atoms with Gasteiger partial charge in [-0.25, -0.2) is 17.5 Å². The van der Waals surface area contributed by atoms with Crippen LogP contribution in [0.2, 0.25) is 0 Å². The van der Waals surface area contributed by atoms with Crippen molar-refractivity contribution >= 4 is 16.0 Å². The minimum absolute atomic E-state index is 0.0664. The Labute approximate surface area is 158 Å². The third kappa shape index (κ3) is 6.65. The minimum Gasteiger partial charge on any atom is -0.490 e. The highest BCUT2D eigenvalue weighted by atomic mass is 32.2. The van der Waals surface area contributed by atoms with Crippen LogP contribution in [-0.4, -0.2) is 34.1 Å². The van der Waals surface area contributed by atoms with Gasteiger partial charge in [0.2, 0.25) is 10.0 Å². The molecule has 2 aromatic rings. The van der Waals surface area contributed by atoms with Crippen molar-refractivity contribution in [3.8, 4) is 5.75 Å². The van der Waals surface area contributed by atoms with Gasteiger partial charge in [-0.05, 0) is 55.3 Å². The number of esters is 1. The lowest BCUT2D eigenvalue weighted by Gasteiger charge is -2.10. The molecule has 146 valence electrons. The first-order valence-corrected chi connectivity index (χ1v) is 9.87. The predicted molar refractivity (Wildman–Crippen MR) is 98.6 cm³/mol. The van der Waals surface area contributed by atoms with E-state index in [1.165, 1.54) is 0 Å². The first-order valence-electron chi connectivity index (χ1n) is 8.39. The third-order valence-electron chi connectivity index (χ3n) is 3.69. The number of carbonyl (C=O) groups is 1. The molecule has 0 fully saturated rings. The Kier molecular flexibility index (Phi) is 7.32. The lowest BCUT2D eigenvalue weighted by molar-refractivity contribution is -0.144. The van der Waals surface area contributed by atoms with Gasteiger partial charge in [0.25, 0.3) is 0 Å². The molecule has 0 bridgehead atoms. The van der Waals surface area contributed by atoms with E-state index in [0.717, 1.165) is 41.1 Å². The molecule has 0 aromatic heterocycles. The predicted octanol–water partition coefficient (Wildman–Crippen LogP) is 2.73. The smallest absolute Gasteiger partial charge is 0.307 e. The van der Waals surface area contributed by atoms with Crippen LogP contribution in [0.5, 0.6) is 5.75 Å². The van der Waals surface area contributed by atoms with Crippen LogP contribution in [0.25, 0.3) is 0 Å². The summed E-state index contributed by atoms with van der Waals surface area (Å²) in [6.45, 7) is 4.04. The van der Waals surface area contributed by atoms with Gasteiger partial charge in [-0.3, -0.25) is 4.79 Å². The summed E-state index contributed by atoms with van der Waals surface area (Å²) in [6, 6.07) is 10.2. The van der Waals surface area contributed by atoms with Crippen molar-refractivity contribution in [2.75, 3.05) is 19.8 Å². The van der Waals surface area contributed by atoms with Crippen LogP contribution in [0.1, 0.15) is 17.5 Å². The summed E-state index contributed by atoms with van der Waals surface area (Å²) in [5.41, 5.74) is 2.06. The number of nitrogens with one attached hydrogen (secondary N) is 1. The summed E-state index contributed by atoms with van der Waals surface area (Å²) in [7, 11) is -3.79. The molecule has 0 atom stereocenters. The quantitative estimate of drug-likeness (QED) is 0.522. The van der Waals surface area contributed by atoms with Crippen molar-refractivity contribution in [1.29, 1.82) is 0 Å². The SMILES string of the molecule is Cc1ccc(C)c(OCCOC(=O)CCNS(=O)(=O)c2ccc(F)cc2)c1. The molecule has 8 heteroatoms. The Hall–Kier alpha value is -2.45. The zero-order valence-electron chi connectivity index (χ0n) is 15.2. The van der Waals surface area contributed by atoms with Crippen molar-refractivity contribution < 1.29 is 27.1 Å². The lowest BCUT2D eigenvalue weighted by Crippen LogP contribution is -2.27. The third-order valence-corrected chi connectivity index (χ3v) is 5.17. The highest BCUT2D eigenvalue weighted by molar-refractivity contribution is 7.89. The van der Waals surface area contributed by atoms with Crippen LogP contribution in [-0.2, 0) is 19.6 Å². The number of sulfonamides is 1. The van der Waals surface area contributed by atoms with E-state index < -0.39 is 21.8 Å². The van der Waals surface area contributed by atoms with Crippen LogP contribution >= 0.6 is 0 Å². The number of hydrogen-bond acceptors (Lipinski definition) is 5. The van der Waals surface area contributed by atoms with Gasteiger partial charge in [0.15, 0.2) is 0 Å². The average Bonchev–Trinajstić information content (AvgIpc) is 2.61. The van der Waals surface area contributed by atoms with Gasteiger partial charge in [0.05, 0.1) is 11.3 Å². The molecule has 1 N–H and O–H groups in total. The van der Waals surface area contributed by atoms with Crippen molar-refractivity contribution in [3.05, 3.63) is 59.4 Å². The first kappa shape index (κ1) is 20.9. The molecular weight excluding hydrogens is 373 g/mol. The lowest BCUT2D eigenvalue weighted by atomic mass is 10.1. The van der Waals surface area contributed by atoms with E-state index in [9.17, 15) is 17.6 Å². The number of hydrogen-bond donors (Lipinski definition) is 1. The Morgan fingerprint density at radius 1 is 1.07 bits per heavy atom. The molecule has 0 amide bonds. The number of aryl methyl sites for hydroxylation is 2. The van der Waals surface area contributed by atoms with Crippen LogP contribution in [0.4, 0.5) is 4.39 Å². The maximum Gasteiger partial charge on any atom is 0.307 e. The molecule has 2 aromatic carbocycles. The highest BCUT2D eigenvalue weighted by Gasteiger charge is 2.14. The van der Waals surface area contributed by atoms with Gasteiger partial charge in [-0.1, -0.05) is 12.1 Å². The summed E-state index contributed by atoms with van der Waals surface area (Å²) >= 11 is 0. The van der Waals surface area contributed by atoms with Gasteiger partial charge in [-0.15, -0.1) is 0 Å². The fourth-order valence-electron chi connectivity index (χ4n) is 2.23. The Morgan fingerprint density at radius 3 is 2.48 bits per heavy atom. The Bertz CT molecular complexity index is 881. The molecule has 0 heterocycles. The van der Waals surface area contributed by atoms with Gasteiger partial charge in [0, 0.05) is 6.54 Å². The zero-order valence-corrected chi connectivity index (χ0v) is 16.0. The normalized spacial score (nSPS) is 11.2. The van der Waals surface area contributed by atoms with Crippen molar-refractivity contribution in [1.82, 2.24) is 4.72 Å². The monoisotopic (exact) mass is 395 g/mol. The molecule has 0 unspecified atom stereocenters. The highest BCUT2D eigenvalue weighted by Crippen LogP contribution is 2.18. The van der Waals surface area contributed by atoms with Gasteiger partial charge >= 0.3 is 5.97 Å². The molecule has 0 aliphatic rings. The Balaban J connectivity index is 1.69. The van der Waals surface area contributed by atoms with E-state index in [4.69, 9.17) is 9.47 Å². The van der Waals surface area contributed by atoms with Crippen molar-refractivity contribution in [3.63, 3.8) is 0 Å². The van der Waals surface area contributed by atoms with E-state index in [0.29, 0.717) is 0 Å². The molecule has 27 heavy (non-hydrogen) atoms. The van der Waals surface area contributed by atoms with Crippen molar-refractivity contribution in [2.24, 2.45) is 0 Å². The largest absolute Gasteiger partial charge is 0.490 e. The fraction of sp³-hybridized carbons (Fsp3) is 0.316. The molecule has 0 aliphatic carbocycles. The second-order valence-corrected chi connectivity index (χ2v) is 7.71. The number of benzene rings is 2. The van der Waals surface area contributed by atoms with Crippen LogP contribution in [0.3, 0.4) is 0 Å². The molecule has 0 radical (unpaired) electrons. The van der Waals surface area contributed by atoms with Crippen LogP contribution in [0, 0.1) is 19.7 Å². The fourth-order valence-corrected chi connectivity index (χ4v) is 3.26. The Morgan fingerprint density at radius 2 is 1.78 bits per heavy atom. The molecule has 0 spiro atoms. The van der Waals surface area contributed by atoms with Crippen LogP contribution < -0.4 is 9.46 Å². The number of halogens is 1. The van der Waals surface area contributed by atoms with Gasteiger partial charge in [0.1, 0.15) is 24.8 Å². The summed E-state index contributed by atoms with van der Waals surface area (Å²) in [4.78, 5) is 11.6. The molecule has 0 saturated carbocycles. The summed E-state index contributed by atoms with van der Waals surface area (Å²) in [5, 5.41) is 0. The van der Waals surface area contributed by atoms with Crippen molar-refractivity contribution in [2.45, 2.75) is 25.2 Å². The summed E-state index contributed by atoms with van der Waals surface area (Å²) in [6.07, 6.45) is -0.121. The topological polar surface area (TPSA) is 81.7 Å². The maximum absolute atomic E-state index is 12.8. The molecular formula is C19H22FNO5S. The maximum atomic E-state index is 12.8. The second-order valence-electron chi connectivity index (χ2n) is 5.94. The second kappa shape index (κ2) is 9.48. The summed E-state index contributed by atoms with van der Waals surface area (Å²) < 4.78 is 49.7. The summed E-state index contributed by atoms with van der Waals surface area (Å²) in [5.74, 6) is -0.333. The molecule has 6 nitrogen and oxygen atoms in total. The molecule has 0 saturated heterocycles. The average molecular weight is 395 g/mol. The first-order chi connectivity index (χ1) is 12.8. The van der Waals surface area contributed by atoms with E-state index in [-0.39, 0.29) is 31.1 Å². The van der Waals surface area contributed by atoms with E-state index in [1.54, 1.807) is 0 Å². The van der Waals surface area contributed by atoms with Gasteiger partial charge in [-0.2, -0.15) is 0 Å². The van der Waals surface area contributed by atoms with E-state index in [2.05, 4.69) is 4.72 Å². The number of rotatable bonds is 9. The molecule has 2 rings (SSSR count). The zero-order chi connectivity index (χ0) is 19.9. The number of carbonyl (C=O) groups excluding carboxylic acids is 1.